The van der Waals surface area contributed by atoms with E-state index in [1.165, 1.54) is 10.7 Å². The summed E-state index contributed by atoms with van der Waals surface area (Å²) in [5.41, 5.74) is 1.34. The average Bonchev–Trinajstić information content (AvgIpc) is 2.91. The summed E-state index contributed by atoms with van der Waals surface area (Å²) in [4.78, 5) is 28.7. The summed E-state index contributed by atoms with van der Waals surface area (Å²) < 4.78 is 31.6. The molecule has 1 fully saturated rings. The van der Waals surface area contributed by atoms with Crippen molar-refractivity contribution in [2.45, 2.75) is 76.9 Å². The van der Waals surface area contributed by atoms with Crippen molar-refractivity contribution in [3.63, 3.8) is 0 Å². The number of methoxy groups -OCH3 is 1. The van der Waals surface area contributed by atoms with Crippen LogP contribution in [-0.4, -0.2) is 57.1 Å². The number of ether oxygens (including phenoxy) is 1. The van der Waals surface area contributed by atoms with E-state index in [2.05, 4.69) is 5.32 Å². The van der Waals surface area contributed by atoms with E-state index in [0.717, 1.165) is 37.5 Å². The second kappa shape index (κ2) is 14.6. The molecule has 2 aromatic rings. The first kappa shape index (κ1) is 30.8. The van der Waals surface area contributed by atoms with Crippen LogP contribution in [0.5, 0.6) is 5.75 Å². The number of hydrogen-bond acceptors (Lipinski definition) is 5. The number of anilines is 1. The summed E-state index contributed by atoms with van der Waals surface area (Å²) in [5, 5.41) is 3.69. The molecule has 0 radical (unpaired) electrons. The maximum atomic E-state index is 13.6. The van der Waals surface area contributed by atoms with Gasteiger partial charge in [0, 0.05) is 30.6 Å². The zero-order valence-corrected chi connectivity index (χ0v) is 24.6. The minimum atomic E-state index is -3.57. The Kier molecular flexibility index (Phi) is 11.5. The van der Waals surface area contributed by atoms with Gasteiger partial charge in [0.2, 0.25) is 21.8 Å². The largest absolute Gasteiger partial charge is 0.497 e. The summed E-state index contributed by atoms with van der Waals surface area (Å²) in [6.45, 7) is 2.28. The fourth-order valence-corrected chi connectivity index (χ4v) is 6.13. The standard InChI is InChI=1S/C29H40ClN3O5S/c1-4-27(29(35)31-24-11-6-5-7-12-24)32(21-22-10-8-13-26(20-22)38-2)28(34)14-9-19-33(39(3,36)37)25-17-15-23(30)16-18-25/h8,10,13,15-18,20,24,27H,4-7,9,11-12,14,19,21H2,1-3H3,(H,31,35)/t27-/m0/s1. The first-order valence-electron chi connectivity index (χ1n) is 13.6. The van der Waals surface area contributed by atoms with Crippen LogP contribution in [0.4, 0.5) is 5.69 Å². The Bertz CT molecular complexity index is 1200. The highest BCUT2D eigenvalue weighted by atomic mass is 35.5. The fourth-order valence-electron chi connectivity index (χ4n) is 5.04. The molecule has 3 rings (SSSR count). The second-order valence-electron chi connectivity index (χ2n) is 10.1. The summed E-state index contributed by atoms with van der Waals surface area (Å²) in [7, 11) is -1.98. The van der Waals surface area contributed by atoms with E-state index in [9.17, 15) is 18.0 Å². The molecule has 1 saturated carbocycles. The van der Waals surface area contributed by atoms with E-state index in [-0.39, 0.29) is 37.4 Å². The first-order chi connectivity index (χ1) is 18.6. The number of halogens is 1. The van der Waals surface area contributed by atoms with Crippen molar-refractivity contribution in [2.24, 2.45) is 0 Å². The van der Waals surface area contributed by atoms with Gasteiger partial charge < -0.3 is 15.0 Å². The lowest BCUT2D eigenvalue weighted by atomic mass is 9.95. The summed E-state index contributed by atoms with van der Waals surface area (Å²) in [6.07, 6.45) is 7.29. The van der Waals surface area contributed by atoms with Crippen LogP contribution in [0.15, 0.2) is 48.5 Å². The van der Waals surface area contributed by atoms with Crippen LogP contribution >= 0.6 is 11.6 Å². The quantitative estimate of drug-likeness (QED) is 0.355. The number of hydrogen-bond donors (Lipinski definition) is 1. The molecule has 8 nitrogen and oxygen atoms in total. The number of benzene rings is 2. The van der Waals surface area contributed by atoms with E-state index in [0.29, 0.717) is 29.3 Å². The van der Waals surface area contributed by atoms with Crippen molar-refractivity contribution in [3.8, 4) is 5.75 Å². The number of carbonyl (C=O) groups excluding carboxylic acids is 2. The van der Waals surface area contributed by atoms with Crippen LogP contribution in [-0.2, 0) is 26.2 Å². The van der Waals surface area contributed by atoms with Gasteiger partial charge in [-0.2, -0.15) is 0 Å². The van der Waals surface area contributed by atoms with Crippen LogP contribution in [0.2, 0.25) is 5.02 Å². The Morgan fingerprint density at radius 1 is 1.10 bits per heavy atom. The lowest BCUT2D eigenvalue weighted by Crippen LogP contribution is -2.51. The Morgan fingerprint density at radius 2 is 1.79 bits per heavy atom. The molecule has 2 amide bonds. The molecule has 1 aliphatic carbocycles. The third-order valence-corrected chi connectivity index (χ3v) is 8.54. The van der Waals surface area contributed by atoms with Gasteiger partial charge in [-0.05, 0) is 67.6 Å². The van der Waals surface area contributed by atoms with Crippen molar-refractivity contribution in [1.29, 1.82) is 0 Å². The van der Waals surface area contributed by atoms with Crippen molar-refractivity contribution in [1.82, 2.24) is 10.2 Å². The first-order valence-corrected chi connectivity index (χ1v) is 15.8. The zero-order chi connectivity index (χ0) is 28.4. The third-order valence-electron chi connectivity index (χ3n) is 7.09. The third kappa shape index (κ3) is 9.14. The highest BCUT2D eigenvalue weighted by Gasteiger charge is 2.30. The number of rotatable bonds is 13. The number of nitrogens with zero attached hydrogens (tertiary/aromatic N) is 2. The van der Waals surface area contributed by atoms with Crippen LogP contribution in [0.1, 0.15) is 63.9 Å². The Labute approximate surface area is 237 Å². The monoisotopic (exact) mass is 577 g/mol. The molecule has 2 aromatic carbocycles. The van der Waals surface area contributed by atoms with Gasteiger partial charge in [0.15, 0.2) is 0 Å². The summed E-state index contributed by atoms with van der Waals surface area (Å²) in [5.74, 6) is 0.332. The molecule has 1 atom stereocenters. The Hall–Kier alpha value is -2.78. The number of nitrogens with one attached hydrogen (secondary N) is 1. The fraction of sp³-hybridized carbons (Fsp3) is 0.517. The van der Waals surface area contributed by atoms with Gasteiger partial charge in [-0.25, -0.2) is 8.42 Å². The number of amides is 2. The van der Waals surface area contributed by atoms with Crippen molar-refractivity contribution in [3.05, 3.63) is 59.1 Å². The predicted molar refractivity (Wildman–Crippen MR) is 156 cm³/mol. The molecule has 39 heavy (non-hydrogen) atoms. The molecule has 0 aromatic heterocycles. The molecule has 0 unspecified atom stereocenters. The molecule has 1 aliphatic rings. The van der Waals surface area contributed by atoms with Gasteiger partial charge >= 0.3 is 0 Å². The van der Waals surface area contributed by atoms with Crippen LogP contribution < -0.4 is 14.4 Å². The van der Waals surface area contributed by atoms with E-state index in [1.807, 2.05) is 31.2 Å². The Morgan fingerprint density at radius 3 is 2.41 bits per heavy atom. The molecular weight excluding hydrogens is 538 g/mol. The molecule has 0 saturated heterocycles. The highest BCUT2D eigenvalue weighted by molar-refractivity contribution is 7.92. The average molecular weight is 578 g/mol. The number of carbonyl (C=O) groups is 2. The smallest absolute Gasteiger partial charge is 0.243 e. The second-order valence-corrected chi connectivity index (χ2v) is 12.4. The molecule has 1 N–H and O–H groups in total. The summed E-state index contributed by atoms with van der Waals surface area (Å²) >= 11 is 5.97. The van der Waals surface area contributed by atoms with Crippen LogP contribution in [0.3, 0.4) is 0 Å². The van der Waals surface area contributed by atoms with Gasteiger partial charge in [-0.15, -0.1) is 0 Å². The van der Waals surface area contributed by atoms with E-state index < -0.39 is 16.1 Å². The van der Waals surface area contributed by atoms with Gasteiger partial charge in [0.1, 0.15) is 11.8 Å². The minimum Gasteiger partial charge on any atom is -0.497 e. The zero-order valence-electron chi connectivity index (χ0n) is 23.1. The van der Waals surface area contributed by atoms with Gasteiger partial charge in [-0.1, -0.05) is 49.9 Å². The topological polar surface area (TPSA) is 96.0 Å². The molecular formula is C29H40ClN3O5S. The molecule has 0 bridgehead atoms. The molecule has 214 valence electrons. The normalized spacial score (nSPS) is 14.9. The maximum absolute atomic E-state index is 13.6. The van der Waals surface area contributed by atoms with Crippen molar-refractivity contribution in [2.75, 3.05) is 24.2 Å². The SMILES string of the molecule is CC[C@@H](C(=O)NC1CCCCC1)N(Cc1cccc(OC)c1)C(=O)CCCN(c1ccc(Cl)cc1)S(C)(=O)=O. The van der Waals surface area contributed by atoms with E-state index in [4.69, 9.17) is 16.3 Å². The van der Waals surface area contributed by atoms with Crippen molar-refractivity contribution >= 4 is 39.1 Å². The van der Waals surface area contributed by atoms with E-state index in [1.54, 1.807) is 36.3 Å². The molecule has 0 spiro atoms. The highest BCUT2D eigenvalue weighted by Crippen LogP contribution is 2.23. The molecule has 10 heteroatoms. The summed E-state index contributed by atoms with van der Waals surface area (Å²) in [6, 6.07) is 13.5. The van der Waals surface area contributed by atoms with Gasteiger partial charge in [0.25, 0.3) is 0 Å². The number of sulfonamides is 1. The van der Waals surface area contributed by atoms with E-state index >= 15 is 0 Å². The molecule has 0 heterocycles. The van der Waals surface area contributed by atoms with Gasteiger partial charge in [0.05, 0.1) is 19.1 Å². The van der Waals surface area contributed by atoms with Crippen LogP contribution in [0, 0.1) is 0 Å². The minimum absolute atomic E-state index is 0.0940. The lowest BCUT2D eigenvalue weighted by Gasteiger charge is -2.33. The molecule has 0 aliphatic heterocycles. The maximum Gasteiger partial charge on any atom is 0.243 e. The Balaban J connectivity index is 1.76. The lowest BCUT2D eigenvalue weighted by molar-refractivity contribution is -0.141. The van der Waals surface area contributed by atoms with Gasteiger partial charge in [-0.3, -0.25) is 13.9 Å². The van der Waals surface area contributed by atoms with Crippen LogP contribution in [0.25, 0.3) is 0 Å². The van der Waals surface area contributed by atoms with Crippen molar-refractivity contribution < 1.29 is 22.7 Å². The predicted octanol–water partition coefficient (Wildman–Crippen LogP) is 5.15.